The number of rotatable bonds is 5. The fraction of sp³-hybridized carbons (Fsp3) is 0.545. The maximum Gasteiger partial charge on any atom is 0.417 e. The molecule has 1 atom stereocenters. The molecule has 0 spiro atoms. The maximum absolute atomic E-state index is 12.4. The minimum atomic E-state index is -4.50. The van der Waals surface area contributed by atoms with Crippen LogP contribution in [0.15, 0.2) is 12.3 Å². The first-order valence-corrected chi connectivity index (χ1v) is 8.10. The van der Waals surface area contributed by atoms with Crippen molar-refractivity contribution < 1.29 is 21.6 Å². The molecule has 114 valence electrons. The third kappa shape index (κ3) is 5.54. The molecule has 1 heterocycles. The summed E-state index contributed by atoms with van der Waals surface area (Å²) in [6.45, 7) is 1.70. The van der Waals surface area contributed by atoms with Gasteiger partial charge in [-0.05, 0) is 19.4 Å². The lowest BCUT2D eigenvalue weighted by Crippen LogP contribution is -2.20. The van der Waals surface area contributed by atoms with Crippen LogP contribution in [0.1, 0.15) is 18.9 Å². The van der Waals surface area contributed by atoms with Crippen molar-refractivity contribution in [3.05, 3.63) is 22.8 Å². The largest absolute Gasteiger partial charge is 0.417 e. The van der Waals surface area contributed by atoms with E-state index in [2.05, 4.69) is 10.3 Å². The van der Waals surface area contributed by atoms with Crippen LogP contribution < -0.4 is 5.32 Å². The minimum Gasteiger partial charge on any atom is -0.366 e. The summed E-state index contributed by atoms with van der Waals surface area (Å²) in [7, 11) is -3.09. The van der Waals surface area contributed by atoms with Crippen molar-refractivity contribution >= 4 is 27.3 Å². The first-order chi connectivity index (χ1) is 8.99. The summed E-state index contributed by atoms with van der Waals surface area (Å²) in [5.74, 6) is 0.0695. The summed E-state index contributed by atoms with van der Waals surface area (Å²) in [6, 6.07) is 0.492. The summed E-state index contributed by atoms with van der Waals surface area (Å²) in [5, 5.41) is 2.63. The van der Waals surface area contributed by atoms with Gasteiger partial charge in [0.1, 0.15) is 15.7 Å². The molecule has 0 aliphatic heterocycles. The number of halogens is 4. The zero-order valence-electron chi connectivity index (χ0n) is 10.8. The summed E-state index contributed by atoms with van der Waals surface area (Å²) in [6.07, 6.45) is -2.41. The van der Waals surface area contributed by atoms with Crippen molar-refractivity contribution in [1.29, 1.82) is 0 Å². The molecule has 1 N–H and O–H groups in total. The highest BCUT2D eigenvalue weighted by Gasteiger charge is 2.31. The Morgan fingerprint density at radius 3 is 2.50 bits per heavy atom. The minimum absolute atomic E-state index is 0.0284. The van der Waals surface area contributed by atoms with E-state index in [1.807, 2.05) is 0 Å². The number of anilines is 1. The summed E-state index contributed by atoms with van der Waals surface area (Å²) < 4.78 is 59.3. The van der Waals surface area contributed by atoms with Gasteiger partial charge in [-0.2, -0.15) is 13.2 Å². The zero-order chi connectivity index (χ0) is 15.6. The number of pyridine rings is 1. The van der Waals surface area contributed by atoms with Crippen molar-refractivity contribution in [3.63, 3.8) is 0 Å². The Bertz CT molecular complexity index is 576. The van der Waals surface area contributed by atoms with Crippen LogP contribution in [0.2, 0.25) is 5.02 Å². The molecule has 0 radical (unpaired) electrons. The van der Waals surface area contributed by atoms with Crippen LogP contribution in [0, 0.1) is 0 Å². The van der Waals surface area contributed by atoms with Gasteiger partial charge in [-0.3, -0.25) is 0 Å². The van der Waals surface area contributed by atoms with Gasteiger partial charge in [0.25, 0.3) is 0 Å². The molecule has 0 fully saturated rings. The van der Waals surface area contributed by atoms with Gasteiger partial charge in [-0.25, -0.2) is 13.4 Å². The van der Waals surface area contributed by atoms with E-state index in [0.29, 0.717) is 12.6 Å². The fourth-order valence-electron chi connectivity index (χ4n) is 1.40. The number of hydrogen-bond acceptors (Lipinski definition) is 4. The molecule has 1 aromatic heterocycles. The summed E-state index contributed by atoms with van der Waals surface area (Å²) in [5.41, 5.74) is -0.933. The molecule has 0 aliphatic rings. The van der Waals surface area contributed by atoms with Gasteiger partial charge in [0, 0.05) is 18.5 Å². The molecule has 1 rings (SSSR count). The molecule has 1 aromatic rings. The molecular weight excluding hydrogens is 317 g/mol. The molecule has 0 saturated heterocycles. The molecule has 0 amide bonds. The zero-order valence-corrected chi connectivity index (χ0v) is 12.4. The third-order valence-corrected chi connectivity index (χ3v) is 3.74. The van der Waals surface area contributed by atoms with Gasteiger partial charge < -0.3 is 5.32 Å². The average molecular weight is 331 g/mol. The standard InChI is InChI=1S/C11H14ClF3N2O2S/c1-7(3-4-20(2,18)19)17-10-9(12)5-8(6-16-10)11(13,14)15/h5-7H,3-4H2,1-2H3,(H,16,17). The summed E-state index contributed by atoms with van der Waals surface area (Å²) in [4.78, 5) is 3.62. The van der Waals surface area contributed by atoms with Crippen LogP contribution in [-0.2, 0) is 16.0 Å². The average Bonchev–Trinajstić information content (AvgIpc) is 2.27. The second-order valence-corrected chi connectivity index (χ2v) is 7.18. The van der Waals surface area contributed by atoms with Crippen LogP contribution in [-0.4, -0.2) is 31.5 Å². The highest BCUT2D eigenvalue weighted by Crippen LogP contribution is 2.32. The van der Waals surface area contributed by atoms with Crippen molar-refractivity contribution in [2.45, 2.75) is 25.6 Å². The predicted octanol–water partition coefficient (Wildman–Crippen LogP) is 2.99. The monoisotopic (exact) mass is 330 g/mol. The molecule has 4 nitrogen and oxygen atoms in total. The smallest absolute Gasteiger partial charge is 0.366 e. The summed E-state index contributed by atoms with van der Waals surface area (Å²) >= 11 is 5.73. The molecule has 9 heteroatoms. The van der Waals surface area contributed by atoms with Crippen molar-refractivity contribution in [1.82, 2.24) is 4.98 Å². The Labute approximate surface area is 120 Å². The van der Waals surface area contributed by atoms with E-state index in [-0.39, 0.29) is 22.6 Å². The van der Waals surface area contributed by atoms with Crippen LogP contribution in [0.5, 0.6) is 0 Å². The number of alkyl halides is 3. The van der Waals surface area contributed by atoms with Gasteiger partial charge >= 0.3 is 6.18 Å². The van der Waals surface area contributed by atoms with Crippen LogP contribution in [0.3, 0.4) is 0 Å². The lowest BCUT2D eigenvalue weighted by Gasteiger charge is -2.16. The highest BCUT2D eigenvalue weighted by molar-refractivity contribution is 7.90. The molecule has 1 unspecified atom stereocenters. The van der Waals surface area contributed by atoms with E-state index in [4.69, 9.17) is 11.6 Å². The first kappa shape index (κ1) is 17.0. The van der Waals surface area contributed by atoms with Crippen molar-refractivity contribution in [2.24, 2.45) is 0 Å². The number of nitrogens with one attached hydrogen (secondary N) is 1. The molecule has 20 heavy (non-hydrogen) atoms. The van der Waals surface area contributed by atoms with E-state index < -0.39 is 21.6 Å². The molecule has 0 aromatic carbocycles. The molecule has 0 saturated carbocycles. The van der Waals surface area contributed by atoms with Gasteiger partial charge in [0.05, 0.1) is 16.3 Å². The van der Waals surface area contributed by atoms with E-state index in [0.717, 1.165) is 12.3 Å². The molecule has 0 aliphatic carbocycles. The van der Waals surface area contributed by atoms with Gasteiger partial charge in [0.15, 0.2) is 0 Å². The van der Waals surface area contributed by atoms with Crippen LogP contribution >= 0.6 is 11.6 Å². The van der Waals surface area contributed by atoms with Gasteiger partial charge in [-0.1, -0.05) is 11.6 Å². The molecular formula is C11H14ClF3N2O2S. The second kappa shape index (κ2) is 6.17. The van der Waals surface area contributed by atoms with Crippen molar-refractivity contribution in [3.8, 4) is 0 Å². The Morgan fingerprint density at radius 1 is 1.45 bits per heavy atom. The Kier molecular flexibility index (Phi) is 5.26. The maximum atomic E-state index is 12.4. The first-order valence-electron chi connectivity index (χ1n) is 5.66. The predicted molar refractivity (Wildman–Crippen MR) is 71.7 cm³/mol. The topological polar surface area (TPSA) is 59.1 Å². The third-order valence-electron chi connectivity index (χ3n) is 2.47. The van der Waals surface area contributed by atoms with E-state index in [9.17, 15) is 21.6 Å². The molecule has 0 bridgehead atoms. The second-order valence-electron chi connectivity index (χ2n) is 4.52. The normalized spacial score (nSPS) is 14.1. The Hall–Kier alpha value is -1.02. The van der Waals surface area contributed by atoms with Crippen LogP contribution in [0.25, 0.3) is 0 Å². The number of aromatic nitrogens is 1. The Balaban J connectivity index is 2.74. The van der Waals surface area contributed by atoms with E-state index >= 15 is 0 Å². The van der Waals surface area contributed by atoms with Crippen LogP contribution in [0.4, 0.5) is 19.0 Å². The van der Waals surface area contributed by atoms with Gasteiger partial charge in [0.2, 0.25) is 0 Å². The SMILES string of the molecule is CC(CCS(C)(=O)=O)Nc1ncc(C(F)(F)F)cc1Cl. The van der Waals surface area contributed by atoms with E-state index in [1.165, 1.54) is 0 Å². The lowest BCUT2D eigenvalue weighted by molar-refractivity contribution is -0.137. The number of sulfone groups is 1. The lowest BCUT2D eigenvalue weighted by atomic mass is 10.2. The highest BCUT2D eigenvalue weighted by atomic mass is 35.5. The number of hydrogen-bond donors (Lipinski definition) is 1. The quantitative estimate of drug-likeness (QED) is 0.901. The Morgan fingerprint density at radius 2 is 2.05 bits per heavy atom. The fourth-order valence-corrected chi connectivity index (χ4v) is 2.40. The number of nitrogens with zero attached hydrogens (tertiary/aromatic N) is 1. The van der Waals surface area contributed by atoms with Crippen molar-refractivity contribution in [2.75, 3.05) is 17.3 Å². The van der Waals surface area contributed by atoms with Gasteiger partial charge in [-0.15, -0.1) is 0 Å². The van der Waals surface area contributed by atoms with E-state index in [1.54, 1.807) is 6.92 Å².